The molecule has 0 bridgehead atoms. The number of aromatic nitrogens is 1. The van der Waals surface area contributed by atoms with Gasteiger partial charge in [-0.1, -0.05) is 6.07 Å². The van der Waals surface area contributed by atoms with Crippen LogP contribution in [0.5, 0.6) is 0 Å². The van der Waals surface area contributed by atoms with Crippen molar-refractivity contribution in [2.24, 2.45) is 0 Å². The zero-order valence-corrected chi connectivity index (χ0v) is 17.2. The monoisotopic (exact) mass is 406 g/mol. The molecule has 1 aliphatic heterocycles. The highest BCUT2D eigenvalue weighted by molar-refractivity contribution is 7.09. The summed E-state index contributed by atoms with van der Waals surface area (Å²) in [5.74, 6) is 0.0161. The molecule has 0 saturated carbocycles. The smallest absolute Gasteiger partial charge is 0.251 e. The fourth-order valence-electron chi connectivity index (χ4n) is 3.57. The highest BCUT2D eigenvalue weighted by atomic mass is 32.1. The molecule has 1 aromatic carbocycles. The molecule has 5 nitrogen and oxygen atoms in total. The average molecular weight is 407 g/mol. The molecular weight excluding hydrogens is 380 g/mol. The molecule has 0 atom stereocenters. The molecule has 0 spiro atoms. The zero-order valence-electron chi connectivity index (χ0n) is 16.4. The van der Waals surface area contributed by atoms with E-state index in [0.29, 0.717) is 5.56 Å². The lowest BCUT2D eigenvalue weighted by Gasteiger charge is -2.32. The van der Waals surface area contributed by atoms with Crippen LogP contribution in [0.2, 0.25) is 0 Å². The van der Waals surface area contributed by atoms with E-state index in [-0.39, 0.29) is 11.9 Å². The summed E-state index contributed by atoms with van der Waals surface area (Å²) in [6.45, 7) is 3.81. The summed E-state index contributed by atoms with van der Waals surface area (Å²) in [5.41, 5.74) is 2.88. The van der Waals surface area contributed by atoms with Gasteiger partial charge >= 0.3 is 0 Å². The summed E-state index contributed by atoms with van der Waals surface area (Å²) in [6, 6.07) is 16.2. The number of benzene rings is 1. The van der Waals surface area contributed by atoms with Gasteiger partial charge in [0, 0.05) is 60.7 Å². The molecule has 1 saturated heterocycles. The van der Waals surface area contributed by atoms with Gasteiger partial charge in [-0.15, -0.1) is 11.3 Å². The van der Waals surface area contributed by atoms with Gasteiger partial charge in [-0.3, -0.25) is 14.7 Å². The Labute approximate surface area is 175 Å². The van der Waals surface area contributed by atoms with E-state index in [1.807, 2.05) is 47.7 Å². The van der Waals surface area contributed by atoms with Gasteiger partial charge in [-0.2, -0.15) is 0 Å². The first-order chi connectivity index (χ1) is 14.3. The molecule has 150 valence electrons. The third-order valence-corrected chi connectivity index (χ3v) is 6.14. The first-order valence-corrected chi connectivity index (χ1v) is 10.9. The fraction of sp³-hybridized carbons (Fsp3) is 0.304. The molecule has 0 unspecified atom stereocenters. The molecule has 3 heterocycles. The van der Waals surface area contributed by atoms with E-state index in [1.165, 1.54) is 10.4 Å². The van der Waals surface area contributed by atoms with E-state index in [1.54, 1.807) is 12.4 Å². The Hall–Kier alpha value is -2.70. The molecule has 6 heteroatoms. The van der Waals surface area contributed by atoms with Crippen LogP contribution >= 0.6 is 11.3 Å². The predicted octanol–water partition coefficient (Wildman–Crippen LogP) is 4.15. The van der Waals surface area contributed by atoms with Crippen LogP contribution in [0.1, 0.15) is 33.6 Å². The number of anilines is 1. The number of nitrogens with one attached hydrogen (secondary N) is 2. The fourth-order valence-corrected chi connectivity index (χ4v) is 4.32. The van der Waals surface area contributed by atoms with Crippen LogP contribution in [-0.4, -0.2) is 34.9 Å². The quantitative estimate of drug-likeness (QED) is 0.619. The Kier molecular flexibility index (Phi) is 6.54. The SMILES string of the molecule is O=C(NC1CCN(Cc2cccs2)CC1)c1ccc(NCc2ccncc2)cc1. The highest BCUT2D eigenvalue weighted by Crippen LogP contribution is 2.18. The molecule has 3 aromatic rings. The molecule has 1 aliphatic rings. The number of carbonyl (C=O) groups is 1. The number of amides is 1. The first-order valence-electron chi connectivity index (χ1n) is 10.0. The normalized spacial score (nSPS) is 15.2. The van der Waals surface area contributed by atoms with Gasteiger partial charge in [0.05, 0.1) is 0 Å². The second-order valence-electron chi connectivity index (χ2n) is 7.39. The molecule has 1 fully saturated rings. The van der Waals surface area contributed by atoms with Crippen molar-refractivity contribution >= 4 is 22.9 Å². The summed E-state index contributed by atoms with van der Waals surface area (Å²) in [7, 11) is 0. The summed E-state index contributed by atoms with van der Waals surface area (Å²) < 4.78 is 0. The van der Waals surface area contributed by atoms with E-state index in [9.17, 15) is 4.79 Å². The summed E-state index contributed by atoms with van der Waals surface area (Å²) in [4.78, 5) is 20.5. The Morgan fingerprint density at radius 2 is 1.83 bits per heavy atom. The number of hydrogen-bond acceptors (Lipinski definition) is 5. The van der Waals surface area contributed by atoms with Crippen molar-refractivity contribution in [3.05, 3.63) is 82.3 Å². The van der Waals surface area contributed by atoms with Gasteiger partial charge in [0.15, 0.2) is 0 Å². The van der Waals surface area contributed by atoms with Crippen molar-refractivity contribution in [2.45, 2.75) is 32.0 Å². The Morgan fingerprint density at radius 3 is 2.52 bits per heavy atom. The van der Waals surface area contributed by atoms with Gasteiger partial charge in [0.2, 0.25) is 0 Å². The van der Waals surface area contributed by atoms with Crippen molar-refractivity contribution in [2.75, 3.05) is 18.4 Å². The predicted molar refractivity (Wildman–Crippen MR) is 118 cm³/mol. The lowest BCUT2D eigenvalue weighted by molar-refractivity contribution is 0.0909. The number of piperidine rings is 1. The molecule has 2 N–H and O–H groups in total. The number of nitrogens with zero attached hydrogens (tertiary/aromatic N) is 2. The molecule has 4 rings (SSSR count). The van der Waals surface area contributed by atoms with E-state index >= 15 is 0 Å². The molecular formula is C23H26N4OS. The maximum absolute atomic E-state index is 12.6. The number of likely N-dealkylation sites (tertiary alicyclic amines) is 1. The van der Waals surface area contributed by atoms with Crippen LogP contribution < -0.4 is 10.6 Å². The Morgan fingerprint density at radius 1 is 1.07 bits per heavy atom. The summed E-state index contributed by atoms with van der Waals surface area (Å²) in [5, 5.41) is 8.70. The largest absolute Gasteiger partial charge is 0.381 e. The number of carbonyl (C=O) groups excluding carboxylic acids is 1. The van der Waals surface area contributed by atoms with Crippen molar-refractivity contribution in [1.29, 1.82) is 0 Å². The van der Waals surface area contributed by atoms with Gasteiger partial charge in [-0.05, 0) is 66.2 Å². The second kappa shape index (κ2) is 9.67. The summed E-state index contributed by atoms with van der Waals surface area (Å²) >= 11 is 1.81. The second-order valence-corrected chi connectivity index (χ2v) is 8.42. The standard InChI is InChI=1S/C23H26N4OS/c28-23(26-21-9-13-27(14-10-21)17-22-2-1-15-29-22)19-3-5-20(6-4-19)25-16-18-7-11-24-12-8-18/h1-8,11-12,15,21,25H,9-10,13-14,16-17H2,(H,26,28). The Bertz CT molecular complexity index is 888. The van der Waals surface area contributed by atoms with Crippen LogP contribution in [0.3, 0.4) is 0 Å². The topological polar surface area (TPSA) is 57.3 Å². The third kappa shape index (κ3) is 5.65. The minimum Gasteiger partial charge on any atom is -0.381 e. The third-order valence-electron chi connectivity index (χ3n) is 5.28. The van der Waals surface area contributed by atoms with Crippen molar-refractivity contribution in [3.8, 4) is 0 Å². The lowest BCUT2D eigenvalue weighted by Crippen LogP contribution is -2.44. The summed E-state index contributed by atoms with van der Waals surface area (Å²) in [6.07, 6.45) is 5.58. The van der Waals surface area contributed by atoms with E-state index in [0.717, 1.165) is 44.7 Å². The number of rotatable bonds is 7. The van der Waals surface area contributed by atoms with E-state index in [2.05, 4.69) is 38.0 Å². The van der Waals surface area contributed by atoms with Crippen LogP contribution in [-0.2, 0) is 13.1 Å². The molecule has 29 heavy (non-hydrogen) atoms. The van der Waals surface area contributed by atoms with Gasteiger partial charge in [-0.25, -0.2) is 0 Å². The average Bonchev–Trinajstić information content (AvgIpc) is 3.28. The molecule has 0 aliphatic carbocycles. The maximum atomic E-state index is 12.6. The number of hydrogen-bond donors (Lipinski definition) is 2. The molecule has 0 radical (unpaired) electrons. The van der Waals surface area contributed by atoms with Crippen molar-refractivity contribution < 1.29 is 4.79 Å². The zero-order chi connectivity index (χ0) is 19.9. The first kappa shape index (κ1) is 19.6. The maximum Gasteiger partial charge on any atom is 0.251 e. The highest BCUT2D eigenvalue weighted by Gasteiger charge is 2.21. The minimum atomic E-state index is 0.0161. The molecule has 2 aromatic heterocycles. The van der Waals surface area contributed by atoms with E-state index < -0.39 is 0 Å². The molecule has 1 amide bonds. The lowest BCUT2D eigenvalue weighted by atomic mass is 10.0. The minimum absolute atomic E-state index is 0.0161. The van der Waals surface area contributed by atoms with Crippen molar-refractivity contribution in [1.82, 2.24) is 15.2 Å². The Balaban J connectivity index is 1.22. The van der Waals surface area contributed by atoms with Gasteiger partial charge < -0.3 is 10.6 Å². The van der Waals surface area contributed by atoms with Crippen LogP contribution in [0, 0.1) is 0 Å². The van der Waals surface area contributed by atoms with Gasteiger partial charge in [0.1, 0.15) is 0 Å². The van der Waals surface area contributed by atoms with Crippen molar-refractivity contribution in [3.63, 3.8) is 0 Å². The van der Waals surface area contributed by atoms with E-state index in [4.69, 9.17) is 0 Å². The number of thiophene rings is 1. The van der Waals surface area contributed by atoms with Crippen LogP contribution in [0.15, 0.2) is 66.3 Å². The van der Waals surface area contributed by atoms with Gasteiger partial charge in [0.25, 0.3) is 5.91 Å². The van der Waals surface area contributed by atoms with Crippen LogP contribution in [0.4, 0.5) is 5.69 Å². The number of pyridine rings is 1. The van der Waals surface area contributed by atoms with Crippen LogP contribution in [0.25, 0.3) is 0 Å².